The molecule has 0 fully saturated rings. The number of carbonyl (C=O) groups is 1. The van der Waals surface area contributed by atoms with Crippen molar-refractivity contribution in [3.8, 4) is 28.7 Å². The molecule has 0 spiro atoms. The van der Waals surface area contributed by atoms with Gasteiger partial charge in [-0.25, -0.2) is 4.79 Å². The number of phenolic OH excluding ortho intramolecular Hbond substituents is 2. The molecule has 1 aliphatic rings. The predicted molar refractivity (Wildman–Crippen MR) is 67.3 cm³/mol. The highest BCUT2D eigenvalue weighted by Gasteiger charge is 2.16. The molecule has 0 aromatic heterocycles. The summed E-state index contributed by atoms with van der Waals surface area (Å²) < 4.78 is 15.5. The Kier molecular flexibility index (Phi) is 2.83. The molecule has 2 aromatic carbocycles. The highest BCUT2D eigenvalue weighted by Crippen LogP contribution is 2.35. The fraction of sp³-hybridized carbons (Fsp3) is 0.0714. The van der Waals surface area contributed by atoms with Gasteiger partial charge in [-0.05, 0) is 30.3 Å². The third-order valence-electron chi connectivity index (χ3n) is 2.77. The molecule has 2 aromatic rings. The van der Waals surface area contributed by atoms with Crippen molar-refractivity contribution in [1.82, 2.24) is 0 Å². The Morgan fingerprint density at radius 2 is 1.80 bits per heavy atom. The third-order valence-corrected chi connectivity index (χ3v) is 2.77. The Morgan fingerprint density at radius 3 is 2.60 bits per heavy atom. The van der Waals surface area contributed by atoms with Crippen LogP contribution in [0.15, 0.2) is 36.4 Å². The molecule has 0 amide bonds. The van der Waals surface area contributed by atoms with Crippen molar-refractivity contribution in [2.45, 2.75) is 0 Å². The first-order chi connectivity index (χ1) is 9.63. The number of esters is 1. The molecular weight excluding hydrogens is 264 g/mol. The lowest BCUT2D eigenvalue weighted by Gasteiger charge is -2.06. The monoisotopic (exact) mass is 274 g/mol. The standard InChI is InChI=1S/C14H10O6/c15-10-3-1-8(5-11(10)16)14(17)20-9-2-4-12-13(6-9)19-7-18-12/h1-6,15-16H,7H2. The summed E-state index contributed by atoms with van der Waals surface area (Å²) in [6.45, 7) is 0.137. The lowest BCUT2D eigenvalue weighted by atomic mass is 10.2. The molecule has 2 N–H and O–H groups in total. The van der Waals surface area contributed by atoms with Gasteiger partial charge in [0.2, 0.25) is 6.79 Å². The minimum atomic E-state index is -0.654. The third kappa shape index (κ3) is 2.18. The Bertz CT molecular complexity index is 679. The second-order valence-corrected chi connectivity index (χ2v) is 4.11. The summed E-state index contributed by atoms with van der Waals surface area (Å²) in [6, 6.07) is 8.45. The topological polar surface area (TPSA) is 85.2 Å². The molecule has 6 heteroatoms. The summed E-state index contributed by atoms with van der Waals surface area (Å²) >= 11 is 0. The van der Waals surface area contributed by atoms with E-state index < -0.39 is 5.97 Å². The van der Waals surface area contributed by atoms with Crippen LogP contribution in [0.5, 0.6) is 28.7 Å². The van der Waals surface area contributed by atoms with Crippen LogP contribution in [0.25, 0.3) is 0 Å². The number of carbonyl (C=O) groups excluding carboxylic acids is 1. The van der Waals surface area contributed by atoms with E-state index in [0.29, 0.717) is 17.2 Å². The highest BCUT2D eigenvalue weighted by molar-refractivity contribution is 5.91. The van der Waals surface area contributed by atoms with Gasteiger partial charge in [-0.15, -0.1) is 0 Å². The van der Waals surface area contributed by atoms with E-state index in [9.17, 15) is 15.0 Å². The van der Waals surface area contributed by atoms with E-state index in [1.807, 2.05) is 0 Å². The first-order valence-corrected chi connectivity index (χ1v) is 5.77. The smallest absolute Gasteiger partial charge is 0.343 e. The normalized spacial score (nSPS) is 12.2. The predicted octanol–water partition coefficient (Wildman–Crippen LogP) is 2.05. The van der Waals surface area contributed by atoms with Crippen LogP contribution in [-0.4, -0.2) is 23.0 Å². The highest BCUT2D eigenvalue weighted by atomic mass is 16.7. The van der Waals surface area contributed by atoms with Crippen LogP contribution in [0.4, 0.5) is 0 Å². The summed E-state index contributed by atoms with van der Waals surface area (Å²) in [5, 5.41) is 18.5. The molecule has 0 saturated heterocycles. The Hall–Kier alpha value is -2.89. The summed E-state index contributed by atoms with van der Waals surface area (Å²) in [7, 11) is 0. The number of hydrogen-bond donors (Lipinski definition) is 2. The van der Waals surface area contributed by atoms with Gasteiger partial charge in [0, 0.05) is 6.07 Å². The molecule has 3 rings (SSSR count). The molecule has 20 heavy (non-hydrogen) atoms. The second-order valence-electron chi connectivity index (χ2n) is 4.11. The number of phenols is 2. The van der Waals surface area contributed by atoms with E-state index in [-0.39, 0.29) is 23.9 Å². The van der Waals surface area contributed by atoms with E-state index in [2.05, 4.69) is 0 Å². The van der Waals surface area contributed by atoms with Crippen LogP contribution < -0.4 is 14.2 Å². The lowest BCUT2D eigenvalue weighted by Crippen LogP contribution is -2.08. The Labute approximate surface area is 113 Å². The van der Waals surface area contributed by atoms with E-state index >= 15 is 0 Å². The van der Waals surface area contributed by atoms with Crippen molar-refractivity contribution in [3.05, 3.63) is 42.0 Å². The maximum atomic E-state index is 11.9. The van der Waals surface area contributed by atoms with Crippen LogP contribution in [-0.2, 0) is 0 Å². The number of rotatable bonds is 2. The zero-order valence-electron chi connectivity index (χ0n) is 10.2. The van der Waals surface area contributed by atoms with Crippen molar-refractivity contribution in [1.29, 1.82) is 0 Å². The summed E-state index contributed by atoms with van der Waals surface area (Å²) in [5.41, 5.74) is 0.123. The number of hydrogen-bond acceptors (Lipinski definition) is 6. The van der Waals surface area contributed by atoms with Crippen molar-refractivity contribution in [2.24, 2.45) is 0 Å². The van der Waals surface area contributed by atoms with Gasteiger partial charge in [-0.2, -0.15) is 0 Å². The van der Waals surface area contributed by atoms with Gasteiger partial charge in [0.05, 0.1) is 5.56 Å². The van der Waals surface area contributed by atoms with Gasteiger partial charge < -0.3 is 24.4 Å². The van der Waals surface area contributed by atoms with Gasteiger partial charge in [0.15, 0.2) is 23.0 Å². The van der Waals surface area contributed by atoms with Crippen molar-refractivity contribution in [2.75, 3.05) is 6.79 Å². The summed E-state index contributed by atoms with van der Waals surface area (Å²) in [6.07, 6.45) is 0. The molecule has 102 valence electrons. The Morgan fingerprint density at radius 1 is 1.00 bits per heavy atom. The quantitative estimate of drug-likeness (QED) is 0.495. The van der Waals surface area contributed by atoms with Gasteiger partial charge in [-0.3, -0.25) is 0 Å². The molecule has 0 bridgehead atoms. The zero-order chi connectivity index (χ0) is 14.1. The second kappa shape index (κ2) is 4.65. The average molecular weight is 274 g/mol. The van der Waals surface area contributed by atoms with Crippen LogP contribution in [0, 0.1) is 0 Å². The molecule has 0 radical (unpaired) electrons. The lowest BCUT2D eigenvalue weighted by molar-refractivity contribution is 0.0734. The van der Waals surface area contributed by atoms with E-state index in [4.69, 9.17) is 14.2 Å². The molecule has 0 unspecified atom stereocenters. The van der Waals surface area contributed by atoms with Gasteiger partial charge in [0.25, 0.3) is 0 Å². The van der Waals surface area contributed by atoms with Crippen molar-refractivity contribution >= 4 is 5.97 Å². The largest absolute Gasteiger partial charge is 0.504 e. The SMILES string of the molecule is O=C(Oc1ccc2c(c1)OCO2)c1ccc(O)c(O)c1. The zero-order valence-corrected chi connectivity index (χ0v) is 10.2. The minimum Gasteiger partial charge on any atom is -0.504 e. The molecule has 1 aliphatic heterocycles. The molecule has 1 heterocycles. The minimum absolute atomic E-state index is 0.123. The van der Waals surface area contributed by atoms with Crippen molar-refractivity contribution in [3.63, 3.8) is 0 Å². The summed E-state index contributed by atoms with van der Waals surface area (Å²) in [4.78, 5) is 11.9. The number of benzene rings is 2. The first-order valence-electron chi connectivity index (χ1n) is 5.77. The average Bonchev–Trinajstić information content (AvgIpc) is 2.89. The maximum absolute atomic E-state index is 11.9. The molecule has 6 nitrogen and oxygen atoms in total. The van der Waals surface area contributed by atoms with Crippen molar-refractivity contribution < 1.29 is 29.2 Å². The van der Waals surface area contributed by atoms with E-state index in [0.717, 1.165) is 6.07 Å². The molecule has 0 aliphatic carbocycles. The fourth-order valence-electron chi connectivity index (χ4n) is 1.76. The van der Waals surface area contributed by atoms with Crippen LogP contribution in [0.1, 0.15) is 10.4 Å². The van der Waals surface area contributed by atoms with E-state index in [1.165, 1.54) is 12.1 Å². The molecular formula is C14H10O6. The number of aromatic hydroxyl groups is 2. The summed E-state index contributed by atoms with van der Waals surface area (Å²) in [5.74, 6) is 0.0525. The van der Waals surface area contributed by atoms with Gasteiger partial charge in [0.1, 0.15) is 5.75 Å². The number of ether oxygens (including phenoxy) is 3. The molecule has 0 atom stereocenters. The van der Waals surface area contributed by atoms with E-state index in [1.54, 1.807) is 18.2 Å². The first kappa shape index (κ1) is 12.2. The Balaban J connectivity index is 1.80. The van der Waals surface area contributed by atoms with Gasteiger partial charge >= 0.3 is 5.97 Å². The van der Waals surface area contributed by atoms with Crippen LogP contribution in [0.3, 0.4) is 0 Å². The fourth-order valence-corrected chi connectivity index (χ4v) is 1.76. The maximum Gasteiger partial charge on any atom is 0.343 e. The van der Waals surface area contributed by atoms with Crippen LogP contribution in [0.2, 0.25) is 0 Å². The number of fused-ring (bicyclic) bond motifs is 1. The van der Waals surface area contributed by atoms with Gasteiger partial charge in [-0.1, -0.05) is 0 Å². The molecule has 0 saturated carbocycles. The van der Waals surface area contributed by atoms with Crippen LogP contribution >= 0.6 is 0 Å².